The first-order valence-corrected chi connectivity index (χ1v) is 9.95. The summed E-state index contributed by atoms with van der Waals surface area (Å²) < 4.78 is 48.1. The minimum Gasteiger partial charge on any atom is -0.465 e. The zero-order chi connectivity index (χ0) is 22.6. The first-order chi connectivity index (χ1) is 14.7. The number of piperidine rings is 1. The predicted octanol–water partition coefficient (Wildman–Crippen LogP) is 5.32. The van der Waals surface area contributed by atoms with Crippen molar-refractivity contribution in [3.05, 3.63) is 70.3 Å². The summed E-state index contributed by atoms with van der Waals surface area (Å²) in [6, 6.07) is 10.2. The van der Waals surface area contributed by atoms with Crippen LogP contribution < -0.4 is 0 Å². The van der Waals surface area contributed by atoms with E-state index < -0.39 is 23.8 Å². The van der Waals surface area contributed by atoms with Crippen molar-refractivity contribution >= 4 is 12.1 Å². The van der Waals surface area contributed by atoms with Crippen molar-refractivity contribution in [1.82, 2.24) is 4.90 Å². The number of carbonyl (C=O) groups excluding carboxylic acids is 2. The Morgan fingerprint density at radius 3 is 2.48 bits per heavy atom. The second-order valence-electron chi connectivity index (χ2n) is 7.60. The van der Waals surface area contributed by atoms with Crippen molar-refractivity contribution in [1.29, 1.82) is 0 Å². The number of benzene rings is 2. The molecule has 31 heavy (non-hydrogen) atoms. The number of ether oxygens (including phenoxy) is 2. The molecule has 0 bridgehead atoms. The standard InChI is InChI=1S/C23H24F3NO4/c1-15-5-8-17(12-20(15)21(28)30-2)18-4-3-11-27(13-18)22(29)31-14-16-6-9-19(10-7-16)23(24,25)26/h5-10,12,18H,3-4,11,13-14H2,1-2H3/t18-/m0/s1. The summed E-state index contributed by atoms with van der Waals surface area (Å²) in [6.07, 6.45) is -3.26. The van der Waals surface area contributed by atoms with Gasteiger partial charge in [-0.1, -0.05) is 24.3 Å². The van der Waals surface area contributed by atoms with Gasteiger partial charge in [0.05, 0.1) is 18.2 Å². The van der Waals surface area contributed by atoms with Crippen LogP contribution in [-0.4, -0.2) is 37.2 Å². The summed E-state index contributed by atoms with van der Waals surface area (Å²) in [6.45, 7) is 2.71. The first-order valence-electron chi connectivity index (χ1n) is 9.95. The maximum Gasteiger partial charge on any atom is 0.416 e. The van der Waals surface area contributed by atoms with Gasteiger partial charge in [-0.3, -0.25) is 0 Å². The van der Waals surface area contributed by atoms with Crippen LogP contribution in [0.25, 0.3) is 0 Å². The lowest BCUT2D eigenvalue weighted by Crippen LogP contribution is -2.39. The van der Waals surface area contributed by atoms with Crippen molar-refractivity contribution < 1.29 is 32.2 Å². The van der Waals surface area contributed by atoms with Crippen molar-refractivity contribution in [2.24, 2.45) is 0 Å². The molecule has 2 aromatic carbocycles. The molecule has 0 spiro atoms. The fourth-order valence-electron chi connectivity index (χ4n) is 3.66. The van der Waals surface area contributed by atoms with E-state index in [2.05, 4.69) is 0 Å². The second kappa shape index (κ2) is 9.41. The van der Waals surface area contributed by atoms with E-state index in [1.165, 1.54) is 19.2 Å². The lowest BCUT2D eigenvalue weighted by atomic mass is 9.89. The van der Waals surface area contributed by atoms with Gasteiger partial charge in [-0.05, 0) is 54.7 Å². The Bertz CT molecular complexity index is 941. The topological polar surface area (TPSA) is 55.8 Å². The summed E-state index contributed by atoms with van der Waals surface area (Å²) in [4.78, 5) is 26.1. The van der Waals surface area contributed by atoms with Crippen molar-refractivity contribution in [2.45, 2.75) is 38.5 Å². The maximum atomic E-state index is 12.6. The second-order valence-corrected chi connectivity index (χ2v) is 7.60. The third kappa shape index (κ3) is 5.57. The van der Waals surface area contributed by atoms with Crippen molar-refractivity contribution in [2.75, 3.05) is 20.2 Å². The molecule has 1 amide bonds. The molecule has 1 fully saturated rings. The molecule has 2 aromatic rings. The number of nitrogens with zero attached hydrogens (tertiary/aromatic N) is 1. The molecule has 0 saturated carbocycles. The number of halogens is 3. The van der Waals surface area contributed by atoms with Gasteiger partial charge in [0.25, 0.3) is 0 Å². The molecule has 1 aliphatic rings. The van der Waals surface area contributed by atoms with Crippen molar-refractivity contribution in [3.63, 3.8) is 0 Å². The van der Waals surface area contributed by atoms with E-state index in [1.54, 1.807) is 4.90 Å². The van der Waals surface area contributed by atoms with Crippen LogP contribution in [0.2, 0.25) is 0 Å². The van der Waals surface area contributed by atoms with Crippen LogP contribution in [0.5, 0.6) is 0 Å². The van der Waals surface area contributed by atoms with Gasteiger partial charge in [0.1, 0.15) is 6.61 Å². The third-order valence-corrected chi connectivity index (χ3v) is 5.46. The molecule has 1 heterocycles. The highest BCUT2D eigenvalue weighted by molar-refractivity contribution is 5.91. The smallest absolute Gasteiger partial charge is 0.416 e. The Balaban J connectivity index is 1.61. The molecule has 0 aromatic heterocycles. The number of hydrogen-bond donors (Lipinski definition) is 0. The first kappa shape index (κ1) is 22.7. The highest BCUT2D eigenvalue weighted by Crippen LogP contribution is 2.30. The highest BCUT2D eigenvalue weighted by Gasteiger charge is 2.30. The molecule has 1 atom stereocenters. The van der Waals surface area contributed by atoms with Crippen LogP contribution in [0.1, 0.15) is 51.4 Å². The molecule has 8 heteroatoms. The quantitative estimate of drug-likeness (QED) is 0.611. The van der Waals surface area contributed by atoms with Crippen LogP contribution in [0.4, 0.5) is 18.0 Å². The molecule has 166 valence electrons. The SMILES string of the molecule is COC(=O)c1cc([C@H]2CCCN(C(=O)OCc3ccc(C(F)(F)F)cc3)C2)ccc1C. The molecular formula is C23H24F3NO4. The Morgan fingerprint density at radius 2 is 1.84 bits per heavy atom. The third-order valence-electron chi connectivity index (χ3n) is 5.46. The van der Waals surface area contributed by atoms with E-state index in [0.717, 1.165) is 36.1 Å². The fraction of sp³-hybridized carbons (Fsp3) is 0.391. The van der Waals surface area contributed by atoms with Crippen LogP contribution in [0.15, 0.2) is 42.5 Å². The molecule has 5 nitrogen and oxygen atoms in total. The van der Waals surface area contributed by atoms with Crippen LogP contribution >= 0.6 is 0 Å². The molecular weight excluding hydrogens is 411 g/mol. The minimum absolute atomic E-state index is 0.0522. The molecule has 0 N–H and O–H groups in total. The van der Waals surface area contributed by atoms with E-state index in [4.69, 9.17) is 9.47 Å². The van der Waals surface area contributed by atoms with E-state index >= 15 is 0 Å². The molecule has 0 radical (unpaired) electrons. The summed E-state index contributed by atoms with van der Waals surface area (Å²) in [5, 5.41) is 0. The van der Waals surface area contributed by atoms with E-state index in [9.17, 15) is 22.8 Å². The predicted molar refractivity (Wildman–Crippen MR) is 108 cm³/mol. The Hall–Kier alpha value is -3.03. The van der Waals surface area contributed by atoms with E-state index in [0.29, 0.717) is 24.2 Å². The average molecular weight is 435 g/mol. The summed E-state index contributed by atoms with van der Waals surface area (Å²) in [7, 11) is 1.34. The van der Waals surface area contributed by atoms with Gasteiger partial charge in [0, 0.05) is 19.0 Å². The van der Waals surface area contributed by atoms with Crippen LogP contribution in [0, 0.1) is 6.92 Å². The van der Waals surface area contributed by atoms with Gasteiger partial charge in [-0.15, -0.1) is 0 Å². The number of amides is 1. The Labute approximate surface area is 178 Å². The van der Waals surface area contributed by atoms with Gasteiger partial charge < -0.3 is 14.4 Å². The van der Waals surface area contributed by atoms with Crippen LogP contribution in [0.3, 0.4) is 0 Å². The Kier molecular flexibility index (Phi) is 6.87. The monoisotopic (exact) mass is 435 g/mol. The number of methoxy groups -OCH3 is 1. The molecule has 1 aliphatic heterocycles. The van der Waals surface area contributed by atoms with Gasteiger partial charge >= 0.3 is 18.2 Å². The van der Waals surface area contributed by atoms with Gasteiger partial charge in [-0.25, -0.2) is 9.59 Å². The largest absolute Gasteiger partial charge is 0.465 e. The fourth-order valence-corrected chi connectivity index (χ4v) is 3.66. The van der Waals surface area contributed by atoms with Gasteiger partial charge in [0.2, 0.25) is 0 Å². The van der Waals surface area contributed by atoms with Crippen molar-refractivity contribution in [3.8, 4) is 0 Å². The summed E-state index contributed by atoms with van der Waals surface area (Å²) in [5.41, 5.74) is 2.01. The summed E-state index contributed by atoms with van der Waals surface area (Å²) in [5.74, 6) is -0.348. The molecule has 0 unspecified atom stereocenters. The molecule has 1 saturated heterocycles. The number of likely N-dealkylation sites (tertiary alicyclic amines) is 1. The number of hydrogen-bond acceptors (Lipinski definition) is 4. The van der Waals surface area contributed by atoms with E-state index in [-0.39, 0.29) is 12.5 Å². The molecule has 0 aliphatic carbocycles. The minimum atomic E-state index is -4.40. The van der Waals surface area contributed by atoms with Crippen LogP contribution in [-0.2, 0) is 22.3 Å². The van der Waals surface area contributed by atoms with E-state index in [1.807, 2.05) is 25.1 Å². The Morgan fingerprint density at radius 1 is 1.13 bits per heavy atom. The zero-order valence-electron chi connectivity index (χ0n) is 17.4. The number of esters is 1. The highest BCUT2D eigenvalue weighted by atomic mass is 19.4. The maximum absolute atomic E-state index is 12.6. The molecule has 3 rings (SSSR count). The summed E-state index contributed by atoms with van der Waals surface area (Å²) >= 11 is 0. The number of rotatable bonds is 4. The number of alkyl halides is 3. The van der Waals surface area contributed by atoms with Gasteiger partial charge in [0.15, 0.2) is 0 Å². The average Bonchev–Trinajstić information content (AvgIpc) is 2.77. The normalized spacial score (nSPS) is 16.7. The number of carbonyl (C=O) groups is 2. The lowest BCUT2D eigenvalue weighted by molar-refractivity contribution is -0.137. The number of aryl methyl sites for hydroxylation is 1. The zero-order valence-corrected chi connectivity index (χ0v) is 17.4. The van der Waals surface area contributed by atoms with Gasteiger partial charge in [-0.2, -0.15) is 13.2 Å². The lowest BCUT2D eigenvalue weighted by Gasteiger charge is -2.32.